The average molecular weight is 280 g/mol. The summed E-state index contributed by atoms with van der Waals surface area (Å²) >= 11 is 0. The van der Waals surface area contributed by atoms with E-state index in [1.807, 2.05) is 18.7 Å². The fourth-order valence-electron chi connectivity index (χ4n) is 3.86. The summed E-state index contributed by atoms with van der Waals surface area (Å²) in [4.78, 5) is 27.5. The molecule has 5 heteroatoms. The molecule has 5 nitrogen and oxygen atoms in total. The Balaban J connectivity index is 1.95. The number of ether oxygens (including phenoxy) is 1. The number of rotatable bonds is 1. The van der Waals surface area contributed by atoms with Gasteiger partial charge in [-0.05, 0) is 33.1 Å². The van der Waals surface area contributed by atoms with Gasteiger partial charge in [0.1, 0.15) is 11.1 Å². The number of nitrogens with one attached hydrogen (secondary N) is 1. The molecule has 1 N–H and O–H groups in total. The van der Waals surface area contributed by atoms with Gasteiger partial charge in [-0.1, -0.05) is 19.3 Å². The Bertz CT molecular complexity index is 421. The van der Waals surface area contributed by atoms with Crippen LogP contribution in [0.25, 0.3) is 0 Å². The minimum Gasteiger partial charge on any atom is -0.379 e. The van der Waals surface area contributed by atoms with Crippen LogP contribution in [0.15, 0.2) is 0 Å². The van der Waals surface area contributed by atoms with E-state index >= 15 is 0 Å². The molecule has 3 fully saturated rings. The summed E-state index contributed by atoms with van der Waals surface area (Å²) in [5.41, 5.74) is -1.43. The zero-order valence-electron chi connectivity index (χ0n) is 12.4. The van der Waals surface area contributed by atoms with Crippen molar-refractivity contribution >= 4 is 11.8 Å². The van der Waals surface area contributed by atoms with Crippen LogP contribution in [-0.4, -0.2) is 47.0 Å². The van der Waals surface area contributed by atoms with Crippen molar-refractivity contribution < 1.29 is 14.3 Å². The highest BCUT2D eigenvalue weighted by Gasteiger charge is 2.56. The van der Waals surface area contributed by atoms with Gasteiger partial charge in [-0.2, -0.15) is 0 Å². The van der Waals surface area contributed by atoms with Gasteiger partial charge in [0.2, 0.25) is 11.8 Å². The van der Waals surface area contributed by atoms with Crippen molar-refractivity contribution in [3.63, 3.8) is 0 Å². The Morgan fingerprint density at radius 1 is 1.20 bits per heavy atom. The van der Waals surface area contributed by atoms with Crippen molar-refractivity contribution in [3.8, 4) is 0 Å². The predicted molar refractivity (Wildman–Crippen MR) is 74.1 cm³/mol. The van der Waals surface area contributed by atoms with Gasteiger partial charge in [-0.3, -0.25) is 9.59 Å². The summed E-state index contributed by atoms with van der Waals surface area (Å²) in [5.74, 6) is 0.0863. The maximum absolute atomic E-state index is 13.1. The van der Waals surface area contributed by atoms with E-state index in [0.29, 0.717) is 13.2 Å². The first-order chi connectivity index (χ1) is 9.47. The van der Waals surface area contributed by atoms with Crippen LogP contribution in [0.5, 0.6) is 0 Å². The van der Waals surface area contributed by atoms with Gasteiger partial charge in [0, 0.05) is 6.61 Å². The highest BCUT2D eigenvalue weighted by Crippen LogP contribution is 2.38. The summed E-state index contributed by atoms with van der Waals surface area (Å²) in [6, 6.07) is 0.0438. The van der Waals surface area contributed by atoms with Crippen molar-refractivity contribution in [2.45, 2.75) is 69.5 Å². The zero-order valence-corrected chi connectivity index (χ0v) is 12.4. The summed E-state index contributed by atoms with van der Waals surface area (Å²) < 4.78 is 5.44. The second-order valence-corrected chi connectivity index (χ2v) is 6.85. The first-order valence-electron chi connectivity index (χ1n) is 7.71. The number of carbonyl (C=O) groups is 2. The van der Waals surface area contributed by atoms with Crippen LogP contribution in [0, 0.1) is 0 Å². The Hall–Kier alpha value is -1.10. The molecule has 3 rings (SSSR count). The van der Waals surface area contributed by atoms with Gasteiger partial charge >= 0.3 is 0 Å². The molecular weight excluding hydrogens is 256 g/mol. The molecule has 1 unspecified atom stereocenters. The van der Waals surface area contributed by atoms with E-state index < -0.39 is 11.1 Å². The SMILES string of the molecule is CC1(C)C(=O)NC2(CCCCC2)C(=O)N1C1CCOC1. The van der Waals surface area contributed by atoms with Crippen LogP contribution in [0.4, 0.5) is 0 Å². The number of hydrogen-bond donors (Lipinski definition) is 1. The second-order valence-electron chi connectivity index (χ2n) is 6.85. The number of piperazine rings is 1. The third-order valence-electron chi connectivity index (χ3n) is 5.12. The molecule has 0 aromatic carbocycles. The van der Waals surface area contributed by atoms with E-state index in [-0.39, 0.29) is 17.9 Å². The van der Waals surface area contributed by atoms with Crippen LogP contribution in [0.2, 0.25) is 0 Å². The number of hydrogen-bond acceptors (Lipinski definition) is 3. The van der Waals surface area contributed by atoms with Gasteiger partial charge < -0.3 is 15.0 Å². The molecule has 2 amide bonds. The highest BCUT2D eigenvalue weighted by molar-refractivity contribution is 6.02. The van der Waals surface area contributed by atoms with Crippen molar-refractivity contribution in [2.75, 3.05) is 13.2 Å². The lowest BCUT2D eigenvalue weighted by atomic mass is 9.76. The Kier molecular flexibility index (Phi) is 3.27. The van der Waals surface area contributed by atoms with Gasteiger partial charge in [0.05, 0.1) is 12.6 Å². The lowest BCUT2D eigenvalue weighted by Crippen LogP contribution is -2.76. The van der Waals surface area contributed by atoms with Crippen LogP contribution >= 0.6 is 0 Å². The van der Waals surface area contributed by atoms with E-state index in [2.05, 4.69) is 5.32 Å². The number of carbonyl (C=O) groups excluding carboxylic acids is 2. The third-order valence-corrected chi connectivity index (χ3v) is 5.12. The average Bonchev–Trinajstić information content (AvgIpc) is 2.92. The maximum Gasteiger partial charge on any atom is 0.249 e. The number of amides is 2. The summed E-state index contributed by atoms with van der Waals surface area (Å²) in [5, 5.41) is 3.05. The standard InChI is InChI=1S/C15H24N2O3/c1-14(2)12(18)16-15(7-4-3-5-8-15)13(19)17(14)11-6-9-20-10-11/h11H,3-10H2,1-2H3,(H,16,18). The Morgan fingerprint density at radius 3 is 2.50 bits per heavy atom. The van der Waals surface area contributed by atoms with Crippen LogP contribution in [0.3, 0.4) is 0 Å². The smallest absolute Gasteiger partial charge is 0.249 e. The molecule has 112 valence electrons. The van der Waals surface area contributed by atoms with Crippen molar-refractivity contribution in [1.82, 2.24) is 10.2 Å². The van der Waals surface area contributed by atoms with Gasteiger partial charge in [0.25, 0.3) is 0 Å². The van der Waals surface area contributed by atoms with E-state index in [1.165, 1.54) is 0 Å². The Morgan fingerprint density at radius 2 is 1.90 bits per heavy atom. The molecule has 1 aliphatic carbocycles. The van der Waals surface area contributed by atoms with E-state index in [0.717, 1.165) is 38.5 Å². The van der Waals surface area contributed by atoms with Gasteiger partial charge in [-0.25, -0.2) is 0 Å². The lowest BCUT2D eigenvalue weighted by Gasteiger charge is -2.53. The fourth-order valence-corrected chi connectivity index (χ4v) is 3.86. The largest absolute Gasteiger partial charge is 0.379 e. The lowest BCUT2D eigenvalue weighted by molar-refractivity contribution is -0.166. The Labute approximate surface area is 120 Å². The van der Waals surface area contributed by atoms with Gasteiger partial charge in [0.15, 0.2) is 0 Å². The molecule has 0 radical (unpaired) electrons. The van der Waals surface area contributed by atoms with Crippen LogP contribution in [-0.2, 0) is 14.3 Å². The first kappa shape index (κ1) is 13.9. The molecule has 0 aromatic heterocycles. The van der Waals surface area contributed by atoms with Crippen LogP contribution < -0.4 is 5.32 Å². The fraction of sp³-hybridized carbons (Fsp3) is 0.867. The molecule has 20 heavy (non-hydrogen) atoms. The van der Waals surface area contributed by atoms with Crippen molar-refractivity contribution in [1.29, 1.82) is 0 Å². The van der Waals surface area contributed by atoms with Crippen molar-refractivity contribution in [2.24, 2.45) is 0 Å². The van der Waals surface area contributed by atoms with E-state index in [9.17, 15) is 9.59 Å². The number of nitrogens with zero attached hydrogens (tertiary/aromatic N) is 1. The molecule has 1 saturated carbocycles. The third kappa shape index (κ3) is 1.94. The monoisotopic (exact) mass is 280 g/mol. The maximum atomic E-state index is 13.1. The normalized spacial score (nSPS) is 32.5. The molecule has 1 spiro atoms. The first-order valence-corrected chi connectivity index (χ1v) is 7.71. The minimum atomic E-state index is -0.780. The highest BCUT2D eigenvalue weighted by atomic mass is 16.5. The molecule has 2 aliphatic heterocycles. The molecule has 0 bridgehead atoms. The summed E-state index contributed by atoms with van der Waals surface area (Å²) in [6.07, 6.45) is 5.57. The molecule has 2 heterocycles. The summed E-state index contributed by atoms with van der Waals surface area (Å²) in [6.45, 7) is 4.92. The molecule has 2 saturated heterocycles. The quantitative estimate of drug-likeness (QED) is 0.785. The zero-order chi connectivity index (χ0) is 14.4. The molecular formula is C15H24N2O3. The second kappa shape index (κ2) is 4.72. The van der Waals surface area contributed by atoms with E-state index in [4.69, 9.17) is 4.74 Å². The topological polar surface area (TPSA) is 58.6 Å². The minimum absolute atomic E-state index is 0.0223. The molecule has 1 atom stereocenters. The molecule has 0 aromatic rings. The van der Waals surface area contributed by atoms with Crippen molar-refractivity contribution in [3.05, 3.63) is 0 Å². The van der Waals surface area contributed by atoms with Crippen LogP contribution in [0.1, 0.15) is 52.4 Å². The van der Waals surface area contributed by atoms with E-state index in [1.54, 1.807) is 0 Å². The molecule has 3 aliphatic rings. The predicted octanol–water partition coefficient (Wildman–Crippen LogP) is 1.22. The van der Waals surface area contributed by atoms with Gasteiger partial charge in [-0.15, -0.1) is 0 Å². The summed E-state index contributed by atoms with van der Waals surface area (Å²) in [7, 11) is 0.